The Morgan fingerprint density at radius 3 is 2.67 bits per heavy atom. The first-order valence-electron chi connectivity index (χ1n) is 6.47. The van der Waals surface area contributed by atoms with Gasteiger partial charge in [-0.05, 0) is 44.0 Å². The standard InChI is InChI=1S/C14H20F2N2/c1-18(9-10-3-2-4-10)14(8-17)12-7-11(15)5-6-13(12)16/h5-7,10,14H,2-4,8-9,17H2,1H3. The second kappa shape index (κ2) is 5.76. The van der Waals surface area contributed by atoms with Crippen molar-refractivity contribution in [2.24, 2.45) is 11.7 Å². The van der Waals surface area contributed by atoms with Crippen LogP contribution in [0.2, 0.25) is 0 Å². The Hall–Kier alpha value is -1.00. The average molecular weight is 254 g/mol. The lowest BCUT2D eigenvalue weighted by Gasteiger charge is -2.34. The summed E-state index contributed by atoms with van der Waals surface area (Å²) in [5.41, 5.74) is 6.09. The van der Waals surface area contributed by atoms with Crippen LogP contribution in [0.1, 0.15) is 30.9 Å². The third-order valence-electron chi connectivity index (χ3n) is 3.84. The van der Waals surface area contributed by atoms with Crippen molar-refractivity contribution in [1.29, 1.82) is 0 Å². The summed E-state index contributed by atoms with van der Waals surface area (Å²) in [4.78, 5) is 2.04. The predicted molar refractivity (Wildman–Crippen MR) is 68.1 cm³/mol. The van der Waals surface area contributed by atoms with Crippen molar-refractivity contribution in [3.05, 3.63) is 35.4 Å². The van der Waals surface area contributed by atoms with Crippen LogP contribution >= 0.6 is 0 Å². The van der Waals surface area contributed by atoms with E-state index in [2.05, 4.69) is 0 Å². The maximum atomic E-state index is 13.8. The fourth-order valence-corrected chi connectivity index (χ4v) is 2.52. The fraction of sp³-hybridized carbons (Fsp3) is 0.571. The molecule has 2 rings (SSSR count). The van der Waals surface area contributed by atoms with Crippen molar-refractivity contribution in [3.63, 3.8) is 0 Å². The van der Waals surface area contributed by atoms with E-state index in [1.165, 1.54) is 31.4 Å². The normalized spacial score (nSPS) is 17.8. The molecule has 1 aliphatic rings. The predicted octanol–water partition coefficient (Wildman–Crippen LogP) is 2.70. The first kappa shape index (κ1) is 13.4. The molecular weight excluding hydrogens is 234 g/mol. The number of halogens is 2. The van der Waals surface area contributed by atoms with Crippen molar-refractivity contribution in [2.45, 2.75) is 25.3 Å². The second-order valence-corrected chi connectivity index (χ2v) is 5.15. The van der Waals surface area contributed by atoms with Gasteiger partial charge in [-0.15, -0.1) is 0 Å². The fourth-order valence-electron chi connectivity index (χ4n) is 2.52. The lowest BCUT2D eigenvalue weighted by molar-refractivity contribution is 0.162. The van der Waals surface area contributed by atoms with Crippen LogP contribution in [0.15, 0.2) is 18.2 Å². The monoisotopic (exact) mass is 254 g/mol. The van der Waals surface area contributed by atoms with Crippen LogP contribution in [0.25, 0.3) is 0 Å². The Morgan fingerprint density at radius 1 is 1.39 bits per heavy atom. The van der Waals surface area contributed by atoms with Crippen LogP contribution in [-0.4, -0.2) is 25.0 Å². The first-order valence-corrected chi connectivity index (χ1v) is 6.47. The van der Waals surface area contributed by atoms with Crippen molar-refractivity contribution in [2.75, 3.05) is 20.1 Å². The van der Waals surface area contributed by atoms with E-state index >= 15 is 0 Å². The molecule has 1 atom stereocenters. The van der Waals surface area contributed by atoms with Gasteiger partial charge >= 0.3 is 0 Å². The molecule has 0 aliphatic heterocycles. The van der Waals surface area contributed by atoms with Gasteiger partial charge in [0.2, 0.25) is 0 Å². The summed E-state index contributed by atoms with van der Waals surface area (Å²) in [6.07, 6.45) is 3.74. The number of nitrogens with zero attached hydrogens (tertiary/aromatic N) is 1. The molecule has 2 nitrogen and oxygen atoms in total. The van der Waals surface area contributed by atoms with Crippen molar-refractivity contribution >= 4 is 0 Å². The minimum Gasteiger partial charge on any atom is -0.329 e. The number of hydrogen-bond acceptors (Lipinski definition) is 2. The van der Waals surface area contributed by atoms with E-state index in [4.69, 9.17) is 5.73 Å². The van der Waals surface area contributed by atoms with Gasteiger partial charge in [0.25, 0.3) is 0 Å². The van der Waals surface area contributed by atoms with Crippen LogP contribution in [0, 0.1) is 17.6 Å². The Labute approximate surface area is 107 Å². The van der Waals surface area contributed by atoms with E-state index in [1.54, 1.807) is 0 Å². The van der Waals surface area contributed by atoms with Crippen molar-refractivity contribution in [3.8, 4) is 0 Å². The number of nitrogens with two attached hydrogens (primary N) is 1. The van der Waals surface area contributed by atoms with E-state index in [0.717, 1.165) is 12.6 Å². The van der Waals surface area contributed by atoms with E-state index < -0.39 is 5.82 Å². The zero-order valence-corrected chi connectivity index (χ0v) is 10.7. The minimum atomic E-state index is -0.415. The summed E-state index contributed by atoms with van der Waals surface area (Å²) in [5.74, 6) is -0.116. The first-order chi connectivity index (χ1) is 8.61. The summed E-state index contributed by atoms with van der Waals surface area (Å²) < 4.78 is 27.0. The Morgan fingerprint density at radius 2 is 2.11 bits per heavy atom. The summed E-state index contributed by atoms with van der Waals surface area (Å²) in [7, 11) is 1.93. The number of hydrogen-bond donors (Lipinski definition) is 1. The smallest absolute Gasteiger partial charge is 0.128 e. The highest BCUT2D eigenvalue weighted by molar-refractivity contribution is 5.22. The van der Waals surface area contributed by atoms with E-state index in [1.807, 2.05) is 11.9 Å². The maximum Gasteiger partial charge on any atom is 0.128 e. The van der Waals surface area contributed by atoms with Crippen LogP contribution < -0.4 is 5.73 Å². The van der Waals surface area contributed by atoms with Gasteiger partial charge in [0.1, 0.15) is 11.6 Å². The third-order valence-corrected chi connectivity index (χ3v) is 3.84. The molecule has 4 heteroatoms. The minimum absolute atomic E-state index is 0.249. The van der Waals surface area contributed by atoms with Gasteiger partial charge in [-0.2, -0.15) is 0 Å². The largest absolute Gasteiger partial charge is 0.329 e. The van der Waals surface area contributed by atoms with Gasteiger partial charge in [-0.3, -0.25) is 4.90 Å². The van der Waals surface area contributed by atoms with E-state index in [0.29, 0.717) is 18.0 Å². The number of likely N-dealkylation sites (N-methyl/N-ethyl adjacent to an activating group) is 1. The molecule has 1 fully saturated rings. The molecule has 0 radical (unpaired) electrons. The molecule has 1 aliphatic carbocycles. The number of rotatable bonds is 5. The van der Waals surface area contributed by atoms with Gasteiger partial charge in [0.05, 0.1) is 0 Å². The molecule has 1 aromatic rings. The van der Waals surface area contributed by atoms with Gasteiger partial charge in [0, 0.05) is 24.7 Å². The number of benzene rings is 1. The summed E-state index contributed by atoms with van der Waals surface area (Å²) in [6.45, 7) is 1.20. The third kappa shape index (κ3) is 2.87. The molecule has 100 valence electrons. The van der Waals surface area contributed by atoms with Crippen LogP contribution in [-0.2, 0) is 0 Å². The highest BCUT2D eigenvalue weighted by Gasteiger charge is 2.25. The summed E-state index contributed by atoms with van der Waals surface area (Å²) >= 11 is 0. The molecular formula is C14H20F2N2. The zero-order valence-electron chi connectivity index (χ0n) is 10.7. The van der Waals surface area contributed by atoms with Crippen LogP contribution in [0.5, 0.6) is 0 Å². The van der Waals surface area contributed by atoms with Crippen molar-refractivity contribution < 1.29 is 8.78 Å². The van der Waals surface area contributed by atoms with Gasteiger partial charge < -0.3 is 5.73 Å². The molecule has 0 spiro atoms. The zero-order chi connectivity index (χ0) is 13.1. The van der Waals surface area contributed by atoms with Crippen LogP contribution in [0.3, 0.4) is 0 Å². The molecule has 1 unspecified atom stereocenters. The molecule has 18 heavy (non-hydrogen) atoms. The molecule has 0 bridgehead atoms. The van der Waals surface area contributed by atoms with E-state index in [9.17, 15) is 8.78 Å². The molecule has 2 N–H and O–H groups in total. The van der Waals surface area contributed by atoms with Gasteiger partial charge in [-0.1, -0.05) is 6.42 Å². The Kier molecular flexibility index (Phi) is 4.30. The van der Waals surface area contributed by atoms with Gasteiger partial charge in [-0.25, -0.2) is 8.78 Å². The molecule has 1 saturated carbocycles. The molecule has 0 saturated heterocycles. The maximum absolute atomic E-state index is 13.8. The van der Waals surface area contributed by atoms with Crippen molar-refractivity contribution in [1.82, 2.24) is 4.90 Å². The topological polar surface area (TPSA) is 29.3 Å². The molecule has 0 amide bonds. The quantitative estimate of drug-likeness (QED) is 0.875. The average Bonchev–Trinajstić information content (AvgIpc) is 2.29. The second-order valence-electron chi connectivity index (χ2n) is 5.15. The highest BCUT2D eigenvalue weighted by atomic mass is 19.1. The lowest BCUT2D eigenvalue weighted by atomic mass is 9.84. The SMILES string of the molecule is CN(CC1CCC1)C(CN)c1cc(F)ccc1F. The highest BCUT2D eigenvalue weighted by Crippen LogP contribution is 2.30. The lowest BCUT2D eigenvalue weighted by Crippen LogP contribution is -2.36. The van der Waals surface area contributed by atoms with Crippen LogP contribution in [0.4, 0.5) is 8.78 Å². The molecule has 1 aromatic carbocycles. The van der Waals surface area contributed by atoms with Gasteiger partial charge in [0.15, 0.2) is 0 Å². The Balaban J connectivity index is 2.12. The summed E-state index contributed by atoms with van der Waals surface area (Å²) in [5, 5.41) is 0. The summed E-state index contributed by atoms with van der Waals surface area (Å²) in [6, 6.07) is 3.31. The van der Waals surface area contributed by atoms with E-state index in [-0.39, 0.29) is 11.9 Å². The molecule has 0 aromatic heterocycles. The Bertz CT molecular complexity index is 405. The molecule has 0 heterocycles.